The SMILES string of the molecule is CCCCCNC(=O)C(=O)N(CCN)C(C)=O. The Morgan fingerprint density at radius 2 is 1.88 bits per heavy atom. The van der Waals surface area contributed by atoms with Crippen molar-refractivity contribution in [3.05, 3.63) is 0 Å². The second-order valence-electron chi connectivity index (χ2n) is 3.73. The molecule has 0 saturated heterocycles. The monoisotopic (exact) mass is 243 g/mol. The number of nitrogens with zero attached hydrogens (tertiary/aromatic N) is 1. The van der Waals surface area contributed by atoms with Crippen molar-refractivity contribution in [1.82, 2.24) is 10.2 Å². The van der Waals surface area contributed by atoms with Crippen LogP contribution in [0.5, 0.6) is 0 Å². The standard InChI is InChI=1S/C11H21N3O3/c1-3-4-5-7-13-10(16)11(17)14(8-6-12)9(2)15/h3-8,12H2,1-2H3,(H,13,16). The summed E-state index contributed by atoms with van der Waals surface area (Å²) in [6, 6.07) is 0. The molecule has 0 aromatic heterocycles. The van der Waals surface area contributed by atoms with E-state index in [1.807, 2.05) is 6.92 Å². The van der Waals surface area contributed by atoms with Gasteiger partial charge in [-0.15, -0.1) is 0 Å². The topological polar surface area (TPSA) is 92.5 Å². The molecule has 17 heavy (non-hydrogen) atoms. The molecule has 0 unspecified atom stereocenters. The molecule has 0 aliphatic heterocycles. The van der Waals surface area contributed by atoms with Gasteiger partial charge in [0, 0.05) is 26.6 Å². The van der Waals surface area contributed by atoms with E-state index in [4.69, 9.17) is 5.73 Å². The Morgan fingerprint density at radius 3 is 2.35 bits per heavy atom. The summed E-state index contributed by atoms with van der Waals surface area (Å²) in [5, 5.41) is 2.49. The number of carbonyl (C=O) groups is 3. The lowest BCUT2D eigenvalue weighted by Crippen LogP contribution is -2.47. The van der Waals surface area contributed by atoms with Crippen molar-refractivity contribution in [2.45, 2.75) is 33.1 Å². The highest BCUT2D eigenvalue weighted by Crippen LogP contribution is 1.93. The summed E-state index contributed by atoms with van der Waals surface area (Å²) in [4.78, 5) is 35.0. The van der Waals surface area contributed by atoms with Crippen LogP contribution in [-0.2, 0) is 14.4 Å². The zero-order chi connectivity index (χ0) is 13.3. The first-order valence-corrected chi connectivity index (χ1v) is 5.84. The van der Waals surface area contributed by atoms with E-state index in [9.17, 15) is 14.4 Å². The molecule has 3 N–H and O–H groups in total. The second kappa shape index (κ2) is 8.69. The Labute approximate surface area is 102 Å². The molecule has 0 rings (SSSR count). The molecular formula is C11H21N3O3. The van der Waals surface area contributed by atoms with Crippen LogP contribution in [0.15, 0.2) is 0 Å². The minimum absolute atomic E-state index is 0.0660. The van der Waals surface area contributed by atoms with Gasteiger partial charge in [0.05, 0.1) is 0 Å². The normalized spacial score (nSPS) is 9.82. The van der Waals surface area contributed by atoms with Gasteiger partial charge < -0.3 is 11.1 Å². The van der Waals surface area contributed by atoms with E-state index in [-0.39, 0.29) is 13.1 Å². The lowest BCUT2D eigenvalue weighted by Gasteiger charge is -2.17. The van der Waals surface area contributed by atoms with E-state index in [0.717, 1.165) is 24.2 Å². The molecule has 0 saturated carbocycles. The molecule has 0 aromatic rings. The summed E-state index contributed by atoms with van der Waals surface area (Å²) < 4.78 is 0. The molecule has 0 radical (unpaired) electrons. The van der Waals surface area contributed by atoms with Crippen LogP contribution >= 0.6 is 0 Å². The van der Waals surface area contributed by atoms with Crippen molar-refractivity contribution in [3.8, 4) is 0 Å². The summed E-state index contributed by atoms with van der Waals surface area (Å²) in [6.45, 7) is 3.95. The van der Waals surface area contributed by atoms with Crippen molar-refractivity contribution in [2.75, 3.05) is 19.6 Å². The summed E-state index contributed by atoms with van der Waals surface area (Å²) >= 11 is 0. The fourth-order valence-electron chi connectivity index (χ4n) is 1.31. The maximum atomic E-state index is 11.6. The van der Waals surface area contributed by atoms with Gasteiger partial charge in [-0.1, -0.05) is 19.8 Å². The molecule has 0 fully saturated rings. The molecule has 0 aromatic carbocycles. The van der Waals surface area contributed by atoms with E-state index in [1.165, 1.54) is 6.92 Å². The zero-order valence-electron chi connectivity index (χ0n) is 10.5. The number of hydrogen-bond acceptors (Lipinski definition) is 4. The summed E-state index contributed by atoms with van der Waals surface area (Å²) in [5.74, 6) is -2.05. The minimum atomic E-state index is -0.834. The molecule has 6 nitrogen and oxygen atoms in total. The molecule has 0 spiro atoms. The van der Waals surface area contributed by atoms with Crippen LogP contribution in [0.2, 0.25) is 0 Å². The quantitative estimate of drug-likeness (QED) is 0.491. The summed E-state index contributed by atoms with van der Waals surface area (Å²) in [5.41, 5.74) is 5.27. The van der Waals surface area contributed by atoms with Gasteiger partial charge >= 0.3 is 11.8 Å². The van der Waals surface area contributed by atoms with Crippen LogP contribution in [0, 0.1) is 0 Å². The van der Waals surface area contributed by atoms with Gasteiger partial charge in [0.2, 0.25) is 5.91 Å². The van der Waals surface area contributed by atoms with Crippen molar-refractivity contribution >= 4 is 17.7 Å². The third-order valence-electron chi connectivity index (χ3n) is 2.24. The van der Waals surface area contributed by atoms with Crippen molar-refractivity contribution < 1.29 is 14.4 Å². The van der Waals surface area contributed by atoms with Crippen LogP contribution in [0.4, 0.5) is 0 Å². The van der Waals surface area contributed by atoms with E-state index in [1.54, 1.807) is 0 Å². The third kappa shape index (κ3) is 6.01. The van der Waals surface area contributed by atoms with E-state index >= 15 is 0 Å². The predicted molar refractivity (Wildman–Crippen MR) is 64.0 cm³/mol. The summed E-state index contributed by atoms with van der Waals surface area (Å²) in [7, 11) is 0. The molecular weight excluding hydrogens is 222 g/mol. The molecule has 0 aliphatic rings. The van der Waals surface area contributed by atoms with Gasteiger partial charge in [0.15, 0.2) is 0 Å². The van der Waals surface area contributed by atoms with Crippen molar-refractivity contribution in [2.24, 2.45) is 5.73 Å². The number of rotatable bonds is 6. The fourth-order valence-corrected chi connectivity index (χ4v) is 1.31. The van der Waals surface area contributed by atoms with Gasteiger partial charge in [-0.2, -0.15) is 0 Å². The van der Waals surface area contributed by atoms with Crippen molar-refractivity contribution in [3.63, 3.8) is 0 Å². The first-order chi connectivity index (χ1) is 8.04. The van der Waals surface area contributed by atoms with Gasteiger partial charge in [0.25, 0.3) is 0 Å². The minimum Gasteiger partial charge on any atom is -0.348 e. The average molecular weight is 243 g/mol. The Balaban J connectivity index is 4.16. The largest absolute Gasteiger partial charge is 0.348 e. The van der Waals surface area contributed by atoms with Crippen LogP contribution in [0.25, 0.3) is 0 Å². The maximum Gasteiger partial charge on any atom is 0.318 e. The summed E-state index contributed by atoms with van der Waals surface area (Å²) in [6.07, 6.45) is 2.86. The zero-order valence-corrected chi connectivity index (χ0v) is 10.5. The fraction of sp³-hybridized carbons (Fsp3) is 0.727. The van der Waals surface area contributed by atoms with E-state index < -0.39 is 17.7 Å². The molecule has 0 heterocycles. The Kier molecular flexibility index (Phi) is 7.96. The number of nitrogens with one attached hydrogen (secondary N) is 1. The van der Waals surface area contributed by atoms with E-state index in [2.05, 4.69) is 5.32 Å². The number of carbonyl (C=O) groups excluding carboxylic acids is 3. The number of hydrogen-bond donors (Lipinski definition) is 2. The molecule has 3 amide bonds. The highest BCUT2D eigenvalue weighted by Gasteiger charge is 2.23. The van der Waals surface area contributed by atoms with Crippen LogP contribution < -0.4 is 11.1 Å². The Hall–Kier alpha value is -1.43. The Morgan fingerprint density at radius 1 is 1.24 bits per heavy atom. The molecule has 98 valence electrons. The number of nitrogens with two attached hydrogens (primary N) is 1. The number of unbranched alkanes of at least 4 members (excludes halogenated alkanes) is 2. The molecule has 0 bridgehead atoms. The van der Waals surface area contributed by atoms with Crippen LogP contribution in [-0.4, -0.2) is 42.3 Å². The number of imide groups is 1. The first kappa shape index (κ1) is 15.6. The van der Waals surface area contributed by atoms with Gasteiger partial charge in [0.1, 0.15) is 0 Å². The van der Waals surface area contributed by atoms with Gasteiger partial charge in [-0.3, -0.25) is 19.3 Å². The van der Waals surface area contributed by atoms with Crippen LogP contribution in [0.3, 0.4) is 0 Å². The molecule has 6 heteroatoms. The molecule has 0 aliphatic carbocycles. The highest BCUT2D eigenvalue weighted by molar-refractivity contribution is 6.37. The Bertz CT molecular complexity index is 279. The van der Waals surface area contributed by atoms with E-state index in [0.29, 0.717) is 6.54 Å². The lowest BCUT2D eigenvalue weighted by atomic mass is 10.2. The second-order valence-corrected chi connectivity index (χ2v) is 3.73. The van der Waals surface area contributed by atoms with Gasteiger partial charge in [-0.05, 0) is 6.42 Å². The van der Waals surface area contributed by atoms with Crippen LogP contribution in [0.1, 0.15) is 33.1 Å². The first-order valence-electron chi connectivity index (χ1n) is 5.84. The average Bonchev–Trinajstić information content (AvgIpc) is 2.30. The lowest BCUT2D eigenvalue weighted by molar-refractivity contribution is -0.151. The van der Waals surface area contributed by atoms with Crippen molar-refractivity contribution in [1.29, 1.82) is 0 Å². The predicted octanol–water partition coefficient (Wildman–Crippen LogP) is -0.373. The number of amides is 3. The maximum absolute atomic E-state index is 11.6. The molecule has 0 atom stereocenters. The highest BCUT2D eigenvalue weighted by atomic mass is 16.2. The third-order valence-corrected chi connectivity index (χ3v) is 2.24. The van der Waals surface area contributed by atoms with Gasteiger partial charge in [-0.25, -0.2) is 0 Å². The smallest absolute Gasteiger partial charge is 0.318 e.